The third-order valence-corrected chi connectivity index (χ3v) is 6.68. The molecule has 1 atom stereocenters. The van der Waals surface area contributed by atoms with Gasteiger partial charge in [-0.05, 0) is 61.6 Å². The van der Waals surface area contributed by atoms with Crippen molar-refractivity contribution < 1.29 is 19.6 Å². The van der Waals surface area contributed by atoms with Crippen molar-refractivity contribution in [1.82, 2.24) is 10.3 Å². The SMILES string of the molecule is CC(NC(=O)c1ccc(C(=Nc2ccccn2)C2CCCCC2)c(N)c1)C(=O)Nc1ccc(B(O)O)cc1. The molecule has 2 amide bonds. The summed E-state index contributed by atoms with van der Waals surface area (Å²) in [7, 11) is -1.59. The highest BCUT2D eigenvalue weighted by Gasteiger charge is 2.24. The highest BCUT2D eigenvalue weighted by molar-refractivity contribution is 6.58. The smallest absolute Gasteiger partial charge is 0.423 e. The molecule has 0 aliphatic heterocycles. The molecule has 0 radical (unpaired) electrons. The van der Waals surface area contributed by atoms with Crippen LogP contribution in [0, 0.1) is 5.92 Å². The number of aliphatic imine (C=N–C) groups is 1. The summed E-state index contributed by atoms with van der Waals surface area (Å²) in [4.78, 5) is 34.7. The van der Waals surface area contributed by atoms with Crippen LogP contribution < -0.4 is 21.8 Å². The molecule has 1 aliphatic rings. The molecule has 3 aromatic rings. The van der Waals surface area contributed by atoms with Crippen molar-refractivity contribution in [3.05, 3.63) is 78.0 Å². The van der Waals surface area contributed by atoms with Crippen LogP contribution in [0.2, 0.25) is 0 Å². The van der Waals surface area contributed by atoms with Gasteiger partial charge < -0.3 is 26.4 Å². The van der Waals surface area contributed by atoms with Crippen molar-refractivity contribution in [2.75, 3.05) is 11.1 Å². The minimum atomic E-state index is -1.59. The van der Waals surface area contributed by atoms with Crippen molar-refractivity contribution >= 4 is 47.3 Å². The Morgan fingerprint density at radius 1 is 1.05 bits per heavy atom. The minimum absolute atomic E-state index is 0.270. The van der Waals surface area contributed by atoms with E-state index in [2.05, 4.69) is 15.6 Å². The first kappa shape index (κ1) is 27.0. The standard InChI is InChI=1S/C28H32BN5O4/c1-18(27(35)33-22-13-11-21(12-14-22)29(37)38)32-28(36)20-10-15-23(24(30)17-20)26(19-7-3-2-4-8-19)34-25-9-5-6-16-31-25/h5-6,9-19,37-38H,2-4,7-8,30H2,1H3,(H,32,36)(H,33,35). The molecule has 6 N–H and O–H groups in total. The van der Waals surface area contributed by atoms with Gasteiger partial charge in [-0.2, -0.15) is 0 Å². The fourth-order valence-electron chi connectivity index (χ4n) is 4.56. The van der Waals surface area contributed by atoms with E-state index < -0.39 is 25.0 Å². The maximum absolute atomic E-state index is 12.9. The first-order chi connectivity index (χ1) is 18.3. The van der Waals surface area contributed by atoms with Crippen LogP contribution in [0.15, 0.2) is 71.9 Å². The topological polar surface area (TPSA) is 150 Å². The molecule has 1 heterocycles. The second-order valence-corrected chi connectivity index (χ2v) is 9.50. The maximum Gasteiger partial charge on any atom is 0.488 e. The second-order valence-electron chi connectivity index (χ2n) is 9.50. The Balaban J connectivity index is 1.47. The molecule has 4 rings (SSSR count). The summed E-state index contributed by atoms with van der Waals surface area (Å²) >= 11 is 0. The molecule has 9 nitrogen and oxygen atoms in total. The Morgan fingerprint density at radius 2 is 1.79 bits per heavy atom. The van der Waals surface area contributed by atoms with Crippen LogP contribution in [-0.4, -0.2) is 45.7 Å². The molecule has 0 bridgehead atoms. The van der Waals surface area contributed by atoms with E-state index in [9.17, 15) is 19.6 Å². The third-order valence-electron chi connectivity index (χ3n) is 6.68. The Kier molecular flexibility index (Phi) is 8.88. The highest BCUT2D eigenvalue weighted by Crippen LogP contribution is 2.31. The molecule has 0 spiro atoms. The largest absolute Gasteiger partial charge is 0.488 e. The Morgan fingerprint density at radius 3 is 2.42 bits per heavy atom. The number of hydrogen-bond donors (Lipinski definition) is 5. The first-order valence-corrected chi connectivity index (χ1v) is 12.8. The van der Waals surface area contributed by atoms with Gasteiger partial charge in [0.05, 0.1) is 5.71 Å². The van der Waals surface area contributed by atoms with Gasteiger partial charge in [-0.15, -0.1) is 0 Å². The van der Waals surface area contributed by atoms with E-state index in [0.29, 0.717) is 28.2 Å². The summed E-state index contributed by atoms with van der Waals surface area (Å²) in [6.45, 7) is 1.58. The lowest BCUT2D eigenvalue weighted by atomic mass is 9.80. The van der Waals surface area contributed by atoms with E-state index in [-0.39, 0.29) is 5.92 Å². The van der Waals surface area contributed by atoms with Crippen LogP contribution in [-0.2, 0) is 4.79 Å². The van der Waals surface area contributed by atoms with Gasteiger partial charge in [0.2, 0.25) is 5.91 Å². The second kappa shape index (κ2) is 12.5. The average Bonchev–Trinajstić information content (AvgIpc) is 2.93. The summed E-state index contributed by atoms with van der Waals surface area (Å²) in [5, 5.41) is 23.8. The Hall–Kier alpha value is -4.02. The minimum Gasteiger partial charge on any atom is -0.423 e. The lowest BCUT2D eigenvalue weighted by Gasteiger charge is -2.24. The van der Waals surface area contributed by atoms with E-state index in [0.717, 1.165) is 37.0 Å². The summed E-state index contributed by atoms with van der Waals surface area (Å²) in [6.07, 6.45) is 7.26. The molecule has 196 valence electrons. The quantitative estimate of drug-likeness (QED) is 0.178. The fourth-order valence-corrected chi connectivity index (χ4v) is 4.56. The van der Waals surface area contributed by atoms with Crippen LogP contribution >= 0.6 is 0 Å². The molecule has 0 saturated heterocycles. The number of nitrogen functional groups attached to an aromatic ring is 1. The van der Waals surface area contributed by atoms with Gasteiger partial charge in [0, 0.05) is 34.6 Å². The number of rotatable bonds is 8. The van der Waals surface area contributed by atoms with Gasteiger partial charge in [-0.25, -0.2) is 9.98 Å². The molecule has 2 aromatic carbocycles. The number of amides is 2. The fraction of sp³-hybridized carbons (Fsp3) is 0.286. The summed E-state index contributed by atoms with van der Waals surface area (Å²) in [6, 6.07) is 16.0. The third kappa shape index (κ3) is 6.84. The Bertz CT molecular complexity index is 1290. The number of aromatic nitrogens is 1. The summed E-state index contributed by atoms with van der Waals surface area (Å²) < 4.78 is 0. The number of hydrogen-bond acceptors (Lipinski definition) is 7. The number of nitrogens with one attached hydrogen (secondary N) is 2. The molecule has 38 heavy (non-hydrogen) atoms. The van der Waals surface area contributed by atoms with Crippen molar-refractivity contribution in [3.8, 4) is 0 Å². The molecular formula is C28H32BN5O4. The number of carbonyl (C=O) groups is 2. The zero-order chi connectivity index (χ0) is 27.1. The average molecular weight is 513 g/mol. The van der Waals surface area contributed by atoms with E-state index in [1.54, 1.807) is 37.4 Å². The summed E-state index contributed by atoms with van der Waals surface area (Å²) in [5.74, 6) is 0.0512. The van der Waals surface area contributed by atoms with E-state index in [1.807, 2.05) is 24.3 Å². The number of pyridine rings is 1. The van der Waals surface area contributed by atoms with Gasteiger partial charge in [0.15, 0.2) is 5.82 Å². The van der Waals surface area contributed by atoms with Gasteiger partial charge in [0.25, 0.3) is 5.91 Å². The number of nitrogens with zero attached hydrogens (tertiary/aromatic N) is 2. The number of nitrogens with two attached hydrogens (primary N) is 1. The van der Waals surface area contributed by atoms with E-state index in [1.165, 1.54) is 18.6 Å². The zero-order valence-corrected chi connectivity index (χ0v) is 21.3. The highest BCUT2D eigenvalue weighted by atomic mass is 16.4. The van der Waals surface area contributed by atoms with Crippen molar-refractivity contribution in [2.45, 2.75) is 45.1 Å². The van der Waals surface area contributed by atoms with Gasteiger partial charge in [-0.1, -0.05) is 43.5 Å². The van der Waals surface area contributed by atoms with Crippen molar-refractivity contribution in [3.63, 3.8) is 0 Å². The lowest BCUT2D eigenvalue weighted by Crippen LogP contribution is -2.41. The van der Waals surface area contributed by atoms with Crippen LogP contribution in [0.4, 0.5) is 17.2 Å². The molecule has 1 unspecified atom stereocenters. The Labute approximate surface area is 222 Å². The molecule has 1 fully saturated rings. The lowest BCUT2D eigenvalue weighted by molar-refractivity contribution is -0.117. The first-order valence-electron chi connectivity index (χ1n) is 12.8. The van der Waals surface area contributed by atoms with Crippen LogP contribution in [0.3, 0.4) is 0 Å². The van der Waals surface area contributed by atoms with Crippen molar-refractivity contribution in [1.29, 1.82) is 0 Å². The van der Waals surface area contributed by atoms with Gasteiger partial charge in [0.1, 0.15) is 6.04 Å². The number of benzene rings is 2. The molecule has 1 aromatic heterocycles. The van der Waals surface area contributed by atoms with Gasteiger partial charge >= 0.3 is 7.12 Å². The van der Waals surface area contributed by atoms with E-state index in [4.69, 9.17) is 10.7 Å². The maximum atomic E-state index is 12.9. The van der Waals surface area contributed by atoms with Crippen LogP contribution in [0.5, 0.6) is 0 Å². The molecule has 10 heteroatoms. The summed E-state index contributed by atoms with van der Waals surface area (Å²) in [5.41, 5.74) is 9.70. The predicted molar refractivity (Wildman–Crippen MR) is 150 cm³/mol. The molecule has 1 aliphatic carbocycles. The normalized spacial score (nSPS) is 15.0. The number of anilines is 2. The molecular weight excluding hydrogens is 481 g/mol. The monoisotopic (exact) mass is 513 g/mol. The number of carbonyl (C=O) groups excluding carboxylic acids is 2. The van der Waals surface area contributed by atoms with E-state index >= 15 is 0 Å². The molecule has 1 saturated carbocycles. The zero-order valence-electron chi connectivity index (χ0n) is 21.3. The van der Waals surface area contributed by atoms with Crippen LogP contribution in [0.1, 0.15) is 54.9 Å². The predicted octanol–water partition coefficient (Wildman–Crippen LogP) is 2.80. The van der Waals surface area contributed by atoms with Gasteiger partial charge in [-0.3, -0.25) is 9.59 Å². The van der Waals surface area contributed by atoms with Crippen molar-refractivity contribution in [2.24, 2.45) is 10.9 Å². The van der Waals surface area contributed by atoms with Crippen LogP contribution in [0.25, 0.3) is 0 Å².